The second-order valence-electron chi connectivity index (χ2n) is 4.21. The van der Waals surface area contributed by atoms with E-state index in [0.29, 0.717) is 5.56 Å². The van der Waals surface area contributed by atoms with Crippen LogP contribution in [0.4, 0.5) is 5.69 Å². The molecule has 3 rings (SSSR count). The molecule has 0 atom stereocenters. The van der Waals surface area contributed by atoms with Gasteiger partial charge >= 0.3 is 0 Å². The molecule has 0 bridgehead atoms. The van der Waals surface area contributed by atoms with Crippen LogP contribution in [-0.2, 0) is 0 Å². The highest BCUT2D eigenvalue weighted by Gasteiger charge is 2.22. The molecule has 1 aromatic carbocycles. The molecule has 0 radical (unpaired) electrons. The number of thioether (sulfide) groups is 1. The Morgan fingerprint density at radius 2 is 1.95 bits per heavy atom. The Balaban J connectivity index is 1.89. The van der Waals surface area contributed by atoms with Crippen LogP contribution in [0.15, 0.2) is 64.8 Å². The lowest BCUT2D eigenvalue weighted by Crippen LogP contribution is -2.11. The van der Waals surface area contributed by atoms with Crippen molar-refractivity contribution < 1.29 is 4.79 Å². The molecule has 2 aromatic rings. The van der Waals surface area contributed by atoms with Crippen molar-refractivity contribution in [3.63, 3.8) is 0 Å². The Morgan fingerprint density at radius 3 is 2.68 bits per heavy atom. The number of anilines is 1. The number of carbonyl (C=O) groups is 1. The minimum Gasteiger partial charge on any atom is -0.338 e. The van der Waals surface area contributed by atoms with Gasteiger partial charge in [-0.1, -0.05) is 23.9 Å². The summed E-state index contributed by atoms with van der Waals surface area (Å²) in [4.78, 5) is 19.3. The van der Waals surface area contributed by atoms with Crippen LogP contribution >= 0.6 is 11.8 Å². The van der Waals surface area contributed by atoms with E-state index < -0.39 is 0 Å². The summed E-state index contributed by atoms with van der Waals surface area (Å²) < 4.78 is 0. The maximum Gasteiger partial charge on any atom is 0.188 e. The SMILES string of the molecule is CN1/C(=C\C(=O)c2ccncc2)Sc2ccccc21. The lowest BCUT2D eigenvalue weighted by molar-refractivity contribution is 0.104. The number of benzene rings is 1. The van der Waals surface area contributed by atoms with Crippen LogP contribution in [0.25, 0.3) is 0 Å². The Kier molecular flexibility index (Phi) is 3.09. The van der Waals surface area contributed by atoms with Crippen LogP contribution in [0.3, 0.4) is 0 Å². The minimum atomic E-state index is 0.00422. The van der Waals surface area contributed by atoms with Gasteiger partial charge in [0.25, 0.3) is 0 Å². The number of carbonyl (C=O) groups excluding carboxylic acids is 1. The maximum absolute atomic E-state index is 12.2. The lowest BCUT2D eigenvalue weighted by Gasteiger charge is -2.12. The molecule has 4 heteroatoms. The third kappa shape index (κ3) is 2.27. The minimum absolute atomic E-state index is 0.00422. The van der Waals surface area contributed by atoms with Crippen molar-refractivity contribution in [1.29, 1.82) is 0 Å². The second-order valence-corrected chi connectivity index (χ2v) is 5.27. The zero-order chi connectivity index (χ0) is 13.2. The first kappa shape index (κ1) is 12.0. The zero-order valence-corrected chi connectivity index (χ0v) is 11.2. The quantitative estimate of drug-likeness (QED) is 0.618. The van der Waals surface area contributed by atoms with Gasteiger partial charge in [0.05, 0.1) is 10.7 Å². The van der Waals surface area contributed by atoms with E-state index in [4.69, 9.17) is 0 Å². The number of pyridine rings is 1. The summed E-state index contributed by atoms with van der Waals surface area (Å²) in [6.07, 6.45) is 4.94. The number of nitrogens with zero attached hydrogens (tertiary/aromatic N) is 2. The average molecular weight is 268 g/mol. The van der Waals surface area contributed by atoms with E-state index in [2.05, 4.69) is 17.1 Å². The Labute approximate surface area is 116 Å². The van der Waals surface area contributed by atoms with Crippen LogP contribution in [0, 0.1) is 0 Å². The molecule has 1 aromatic heterocycles. The van der Waals surface area contributed by atoms with Crippen molar-refractivity contribution in [1.82, 2.24) is 4.98 Å². The van der Waals surface area contributed by atoms with Gasteiger partial charge in [-0.2, -0.15) is 0 Å². The van der Waals surface area contributed by atoms with Crippen molar-refractivity contribution in [3.8, 4) is 0 Å². The van der Waals surface area contributed by atoms with E-state index in [1.807, 2.05) is 24.1 Å². The average Bonchev–Trinajstić information content (AvgIpc) is 2.77. The van der Waals surface area contributed by atoms with Crippen molar-refractivity contribution in [2.24, 2.45) is 0 Å². The van der Waals surface area contributed by atoms with Crippen molar-refractivity contribution in [2.45, 2.75) is 4.90 Å². The summed E-state index contributed by atoms with van der Waals surface area (Å²) in [6, 6.07) is 11.6. The lowest BCUT2D eigenvalue weighted by atomic mass is 10.2. The van der Waals surface area contributed by atoms with E-state index in [0.717, 1.165) is 10.7 Å². The Morgan fingerprint density at radius 1 is 1.21 bits per heavy atom. The molecule has 0 saturated carbocycles. The van der Waals surface area contributed by atoms with Gasteiger partial charge in [0.2, 0.25) is 0 Å². The van der Waals surface area contributed by atoms with Gasteiger partial charge in [-0.05, 0) is 24.3 Å². The number of hydrogen-bond donors (Lipinski definition) is 0. The summed E-state index contributed by atoms with van der Waals surface area (Å²) in [5.41, 5.74) is 1.80. The van der Waals surface area contributed by atoms with Crippen LogP contribution in [0.2, 0.25) is 0 Å². The molecule has 0 fully saturated rings. The highest BCUT2D eigenvalue weighted by Crippen LogP contribution is 2.44. The third-order valence-electron chi connectivity index (χ3n) is 2.99. The number of rotatable bonds is 2. The summed E-state index contributed by atoms with van der Waals surface area (Å²) in [6.45, 7) is 0. The zero-order valence-electron chi connectivity index (χ0n) is 10.4. The molecular formula is C15H12N2OS. The summed E-state index contributed by atoms with van der Waals surface area (Å²) in [7, 11) is 1.98. The number of hydrogen-bond acceptors (Lipinski definition) is 4. The standard InChI is InChI=1S/C15H12N2OS/c1-17-12-4-2-3-5-14(12)19-15(17)10-13(18)11-6-8-16-9-7-11/h2-10H,1H3/b15-10+. The van der Waals surface area contributed by atoms with E-state index in [1.54, 1.807) is 42.4 Å². The topological polar surface area (TPSA) is 33.2 Å². The van der Waals surface area contributed by atoms with Crippen LogP contribution < -0.4 is 4.90 Å². The monoisotopic (exact) mass is 268 g/mol. The van der Waals surface area contributed by atoms with Gasteiger partial charge in [0.15, 0.2) is 5.78 Å². The van der Waals surface area contributed by atoms with Gasteiger partial charge in [-0.25, -0.2) is 0 Å². The number of para-hydroxylation sites is 1. The van der Waals surface area contributed by atoms with Gasteiger partial charge in [-0.15, -0.1) is 0 Å². The number of fused-ring (bicyclic) bond motifs is 1. The predicted molar refractivity (Wildman–Crippen MR) is 77.4 cm³/mol. The molecule has 0 amide bonds. The summed E-state index contributed by atoms with van der Waals surface area (Å²) in [5.74, 6) is 0.00422. The van der Waals surface area contributed by atoms with Crippen LogP contribution in [-0.4, -0.2) is 17.8 Å². The normalized spacial score (nSPS) is 15.6. The molecule has 0 spiro atoms. The first-order chi connectivity index (χ1) is 9.25. The van der Waals surface area contributed by atoms with Gasteiger partial charge < -0.3 is 4.90 Å². The summed E-state index contributed by atoms with van der Waals surface area (Å²) in [5, 5.41) is 0.947. The molecule has 1 aliphatic rings. The molecule has 3 nitrogen and oxygen atoms in total. The van der Waals surface area contributed by atoms with Crippen molar-refractivity contribution in [2.75, 3.05) is 11.9 Å². The largest absolute Gasteiger partial charge is 0.338 e. The smallest absolute Gasteiger partial charge is 0.188 e. The number of aromatic nitrogens is 1. The Bertz CT molecular complexity index is 652. The van der Waals surface area contributed by atoms with Crippen molar-refractivity contribution >= 4 is 23.2 Å². The highest BCUT2D eigenvalue weighted by atomic mass is 32.2. The molecule has 94 valence electrons. The van der Waals surface area contributed by atoms with Gasteiger partial charge in [0, 0.05) is 36.0 Å². The van der Waals surface area contributed by atoms with Crippen LogP contribution in [0.1, 0.15) is 10.4 Å². The van der Waals surface area contributed by atoms with E-state index in [9.17, 15) is 4.79 Å². The maximum atomic E-state index is 12.2. The fourth-order valence-corrected chi connectivity index (χ4v) is 3.04. The fourth-order valence-electron chi connectivity index (χ4n) is 1.96. The van der Waals surface area contributed by atoms with E-state index in [-0.39, 0.29) is 5.78 Å². The summed E-state index contributed by atoms with van der Waals surface area (Å²) >= 11 is 1.62. The molecular weight excluding hydrogens is 256 g/mol. The van der Waals surface area contributed by atoms with E-state index in [1.165, 1.54) is 4.90 Å². The van der Waals surface area contributed by atoms with E-state index >= 15 is 0 Å². The first-order valence-corrected chi connectivity index (χ1v) is 6.74. The third-order valence-corrected chi connectivity index (χ3v) is 4.16. The fraction of sp³-hybridized carbons (Fsp3) is 0.0667. The molecule has 19 heavy (non-hydrogen) atoms. The molecule has 0 saturated heterocycles. The van der Waals surface area contributed by atoms with Gasteiger partial charge in [0.1, 0.15) is 0 Å². The van der Waals surface area contributed by atoms with Gasteiger partial charge in [-0.3, -0.25) is 9.78 Å². The first-order valence-electron chi connectivity index (χ1n) is 5.92. The molecule has 0 aliphatic carbocycles. The number of allylic oxidation sites excluding steroid dienone is 1. The molecule has 2 heterocycles. The number of ketones is 1. The Hall–Kier alpha value is -2.07. The molecule has 0 N–H and O–H groups in total. The second kappa shape index (κ2) is 4.90. The van der Waals surface area contributed by atoms with Crippen molar-refractivity contribution in [3.05, 3.63) is 65.5 Å². The predicted octanol–water partition coefficient (Wildman–Crippen LogP) is 3.35. The highest BCUT2D eigenvalue weighted by molar-refractivity contribution is 8.03. The van der Waals surface area contributed by atoms with Crippen LogP contribution in [0.5, 0.6) is 0 Å². The molecule has 0 unspecified atom stereocenters. The molecule has 1 aliphatic heterocycles.